The molecule has 2 heterocycles. The van der Waals surface area contributed by atoms with E-state index >= 15 is 0 Å². The molecule has 2 aliphatic rings. The maximum absolute atomic E-state index is 12.9. The number of rotatable bonds is 7. The van der Waals surface area contributed by atoms with Gasteiger partial charge in [-0.05, 0) is 74.6 Å². The molecule has 33 heavy (non-hydrogen) atoms. The number of likely N-dealkylation sites (tertiary alicyclic amines) is 1. The number of aromatic nitrogens is 1. The molecule has 1 aromatic heterocycles. The average Bonchev–Trinajstić information content (AvgIpc) is 3.32. The average molecular weight is 452 g/mol. The normalized spacial score (nSPS) is 17.1. The molecule has 1 saturated carbocycles. The lowest BCUT2D eigenvalue weighted by Gasteiger charge is -2.32. The van der Waals surface area contributed by atoms with Crippen LogP contribution >= 0.6 is 0 Å². The van der Waals surface area contributed by atoms with Crippen LogP contribution in [0.1, 0.15) is 61.4 Å². The lowest BCUT2D eigenvalue weighted by Crippen LogP contribution is -2.39. The Balaban J connectivity index is 1.33. The summed E-state index contributed by atoms with van der Waals surface area (Å²) in [6.45, 7) is 2.87. The summed E-state index contributed by atoms with van der Waals surface area (Å²) >= 11 is 0. The van der Waals surface area contributed by atoms with Gasteiger partial charge < -0.3 is 19.7 Å². The van der Waals surface area contributed by atoms with E-state index in [1.807, 2.05) is 11.0 Å². The van der Waals surface area contributed by atoms with Crippen molar-refractivity contribution in [3.63, 3.8) is 0 Å². The van der Waals surface area contributed by atoms with E-state index in [0.717, 1.165) is 56.7 Å². The summed E-state index contributed by atoms with van der Waals surface area (Å²) in [7, 11) is 1.69. The van der Waals surface area contributed by atoms with E-state index in [-0.39, 0.29) is 11.8 Å². The topological polar surface area (TPSA) is 80.8 Å². The number of methoxy groups -OCH3 is 1. The van der Waals surface area contributed by atoms with Crippen molar-refractivity contribution in [1.29, 1.82) is 0 Å². The Kier molecular flexibility index (Phi) is 7.47. The minimum absolute atomic E-state index is 0.0372. The molecule has 2 aromatic rings. The highest BCUT2D eigenvalue weighted by Gasteiger charge is 2.25. The number of amides is 2. The third kappa shape index (κ3) is 6.03. The van der Waals surface area contributed by atoms with Crippen LogP contribution in [0.15, 0.2) is 36.7 Å². The van der Waals surface area contributed by atoms with E-state index in [2.05, 4.69) is 22.4 Å². The van der Waals surface area contributed by atoms with Crippen molar-refractivity contribution in [3.8, 4) is 11.5 Å². The summed E-state index contributed by atoms with van der Waals surface area (Å²) in [5, 5.41) is 2.68. The summed E-state index contributed by atoms with van der Waals surface area (Å²) in [6, 6.07) is 7.95. The smallest absolute Gasteiger partial charge is 0.255 e. The number of carbonyl (C=O) groups is 2. The molecular formula is C26H33N3O4. The van der Waals surface area contributed by atoms with E-state index < -0.39 is 0 Å². The molecule has 1 N–H and O–H groups in total. The zero-order valence-electron chi connectivity index (χ0n) is 19.5. The van der Waals surface area contributed by atoms with Crippen molar-refractivity contribution in [3.05, 3.63) is 47.8 Å². The van der Waals surface area contributed by atoms with E-state index in [1.54, 1.807) is 25.6 Å². The summed E-state index contributed by atoms with van der Waals surface area (Å²) < 4.78 is 11.8. The fraction of sp³-hybridized carbons (Fsp3) is 0.500. The van der Waals surface area contributed by atoms with Gasteiger partial charge in [0.05, 0.1) is 30.7 Å². The van der Waals surface area contributed by atoms with E-state index in [1.165, 1.54) is 25.3 Å². The van der Waals surface area contributed by atoms with Gasteiger partial charge in [-0.15, -0.1) is 0 Å². The molecule has 0 atom stereocenters. The van der Waals surface area contributed by atoms with Crippen molar-refractivity contribution >= 4 is 17.5 Å². The molecule has 4 rings (SSSR count). The second kappa shape index (κ2) is 10.7. The van der Waals surface area contributed by atoms with Gasteiger partial charge in [-0.1, -0.05) is 6.07 Å². The number of pyridine rings is 1. The van der Waals surface area contributed by atoms with Gasteiger partial charge in [0.25, 0.3) is 5.91 Å². The Morgan fingerprint density at radius 3 is 2.52 bits per heavy atom. The SMILES string of the molecule is COc1ccc(CC2CCN(C(=O)c3cncc(NC(C)=O)c3)CC2)cc1OC1CCCC1. The number of anilines is 1. The monoisotopic (exact) mass is 451 g/mol. The second-order valence-corrected chi connectivity index (χ2v) is 9.09. The summed E-state index contributed by atoms with van der Waals surface area (Å²) in [4.78, 5) is 30.2. The van der Waals surface area contributed by atoms with E-state index in [0.29, 0.717) is 23.3 Å². The van der Waals surface area contributed by atoms with Gasteiger partial charge in [0.1, 0.15) is 0 Å². The fourth-order valence-electron chi connectivity index (χ4n) is 4.81. The van der Waals surface area contributed by atoms with Crippen molar-refractivity contribution < 1.29 is 19.1 Å². The molecule has 0 radical (unpaired) electrons. The molecule has 2 fully saturated rings. The molecule has 176 valence electrons. The zero-order chi connectivity index (χ0) is 23.2. The summed E-state index contributed by atoms with van der Waals surface area (Å²) in [5.41, 5.74) is 2.29. The third-order valence-corrected chi connectivity index (χ3v) is 6.56. The molecule has 1 saturated heterocycles. The second-order valence-electron chi connectivity index (χ2n) is 9.09. The van der Waals surface area contributed by atoms with Gasteiger partial charge in [-0.2, -0.15) is 0 Å². The molecule has 0 bridgehead atoms. The van der Waals surface area contributed by atoms with Gasteiger partial charge in [-0.25, -0.2) is 0 Å². The van der Waals surface area contributed by atoms with Crippen LogP contribution < -0.4 is 14.8 Å². The first-order valence-electron chi connectivity index (χ1n) is 11.9. The molecule has 1 aliphatic carbocycles. The lowest BCUT2D eigenvalue weighted by atomic mass is 9.90. The minimum atomic E-state index is -0.183. The highest BCUT2D eigenvalue weighted by atomic mass is 16.5. The van der Waals surface area contributed by atoms with Crippen LogP contribution in [0.3, 0.4) is 0 Å². The molecule has 7 heteroatoms. The predicted molar refractivity (Wildman–Crippen MR) is 127 cm³/mol. The van der Waals surface area contributed by atoms with Crippen molar-refractivity contribution in [1.82, 2.24) is 9.88 Å². The molecule has 2 amide bonds. The molecule has 0 spiro atoms. The van der Waals surface area contributed by atoms with Crippen molar-refractivity contribution in [2.24, 2.45) is 5.92 Å². The van der Waals surface area contributed by atoms with Crippen LogP contribution in [0.4, 0.5) is 5.69 Å². The molecule has 1 aromatic carbocycles. The largest absolute Gasteiger partial charge is 0.493 e. The van der Waals surface area contributed by atoms with Crippen LogP contribution in [0.5, 0.6) is 11.5 Å². The number of nitrogens with one attached hydrogen (secondary N) is 1. The quantitative estimate of drug-likeness (QED) is 0.672. The third-order valence-electron chi connectivity index (χ3n) is 6.56. The van der Waals surface area contributed by atoms with Gasteiger partial charge in [0, 0.05) is 26.2 Å². The first kappa shape index (κ1) is 23.1. The summed E-state index contributed by atoms with van der Waals surface area (Å²) in [6.07, 6.45) is 11.0. The number of hydrogen-bond donors (Lipinski definition) is 1. The first-order chi connectivity index (χ1) is 16.0. The van der Waals surface area contributed by atoms with E-state index in [9.17, 15) is 9.59 Å². The van der Waals surface area contributed by atoms with Crippen LogP contribution in [0, 0.1) is 5.92 Å². The Labute approximate surface area is 195 Å². The Morgan fingerprint density at radius 1 is 1.06 bits per heavy atom. The Morgan fingerprint density at radius 2 is 1.82 bits per heavy atom. The highest BCUT2D eigenvalue weighted by Crippen LogP contribution is 2.34. The Hall–Kier alpha value is -3.09. The zero-order valence-corrected chi connectivity index (χ0v) is 19.5. The van der Waals surface area contributed by atoms with Gasteiger partial charge in [0.2, 0.25) is 5.91 Å². The summed E-state index contributed by atoms with van der Waals surface area (Å²) in [5.74, 6) is 1.94. The van der Waals surface area contributed by atoms with Crippen molar-refractivity contribution in [2.45, 2.75) is 58.0 Å². The lowest BCUT2D eigenvalue weighted by molar-refractivity contribution is -0.114. The predicted octanol–water partition coefficient (Wildman–Crippen LogP) is 4.46. The highest BCUT2D eigenvalue weighted by molar-refractivity contribution is 5.96. The minimum Gasteiger partial charge on any atom is -0.493 e. The number of carbonyl (C=O) groups excluding carboxylic acids is 2. The van der Waals surface area contributed by atoms with E-state index in [4.69, 9.17) is 9.47 Å². The first-order valence-corrected chi connectivity index (χ1v) is 11.9. The van der Waals surface area contributed by atoms with Crippen LogP contribution in [0.2, 0.25) is 0 Å². The fourth-order valence-corrected chi connectivity index (χ4v) is 4.81. The maximum atomic E-state index is 12.9. The van der Waals surface area contributed by atoms with Crippen LogP contribution in [-0.4, -0.2) is 48.0 Å². The van der Waals surface area contributed by atoms with Gasteiger partial charge in [0.15, 0.2) is 11.5 Å². The number of piperidine rings is 1. The molecular weight excluding hydrogens is 418 g/mol. The van der Waals surface area contributed by atoms with Crippen LogP contribution in [0.25, 0.3) is 0 Å². The number of hydrogen-bond acceptors (Lipinski definition) is 5. The maximum Gasteiger partial charge on any atom is 0.255 e. The number of ether oxygens (including phenoxy) is 2. The van der Waals surface area contributed by atoms with Crippen LogP contribution in [-0.2, 0) is 11.2 Å². The Bertz CT molecular complexity index is 979. The molecule has 7 nitrogen and oxygen atoms in total. The van der Waals surface area contributed by atoms with Gasteiger partial charge >= 0.3 is 0 Å². The number of benzene rings is 1. The number of nitrogens with zero attached hydrogens (tertiary/aromatic N) is 2. The molecule has 0 unspecified atom stereocenters. The van der Waals surface area contributed by atoms with Crippen molar-refractivity contribution in [2.75, 3.05) is 25.5 Å². The standard InChI is InChI=1S/C26H33N3O4/c1-18(30)28-22-15-21(16-27-17-22)26(31)29-11-9-19(10-12-29)13-20-7-8-24(32-2)25(14-20)33-23-5-3-4-6-23/h7-8,14-17,19,23H,3-6,9-13H2,1-2H3,(H,28,30). The molecule has 1 aliphatic heterocycles. The van der Waals surface area contributed by atoms with Gasteiger partial charge in [-0.3, -0.25) is 14.6 Å².